The van der Waals surface area contributed by atoms with Crippen molar-refractivity contribution in [3.05, 3.63) is 35.9 Å². The monoisotopic (exact) mass is 212 g/mol. The van der Waals surface area contributed by atoms with Gasteiger partial charge in [-0.05, 0) is 0 Å². The quantitative estimate of drug-likeness (QED) is 0.523. The van der Waals surface area contributed by atoms with Crippen LogP contribution in [0.3, 0.4) is 0 Å². The molecule has 4 heteroatoms. The van der Waals surface area contributed by atoms with Crippen molar-refractivity contribution in [3.8, 4) is 0 Å². The predicted molar refractivity (Wildman–Crippen MR) is 58.0 cm³/mol. The van der Waals surface area contributed by atoms with Gasteiger partial charge in [-0.1, -0.05) is 30.3 Å². The topological polar surface area (TPSA) is 27.7 Å². The molecule has 0 heterocycles. The zero-order valence-electron chi connectivity index (χ0n) is 8.82. The Hall–Kier alpha value is -0.683. The molecule has 0 fully saturated rings. The van der Waals surface area contributed by atoms with Crippen molar-refractivity contribution in [2.24, 2.45) is 0 Å². The SMILES string of the molecule is COC(CO[SiH3])(OC)c1ccccc1. The number of rotatable bonds is 5. The first-order valence-corrected chi connectivity index (χ1v) is 5.25. The smallest absolute Gasteiger partial charge is 0.217 e. The number of hydrogen-bond donors (Lipinski definition) is 0. The summed E-state index contributed by atoms with van der Waals surface area (Å²) >= 11 is 0. The molecule has 0 aliphatic carbocycles. The van der Waals surface area contributed by atoms with Crippen LogP contribution in [0.25, 0.3) is 0 Å². The highest BCUT2D eigenvalue weighted by molar-refractivity contribution is 5.97. The van der Waals surface area contributed by atoms with Gasteiger partial charge >= 0.3 is 0 Å². The summed E-state index contributed by atoms with van der Waals surface area (Å²) < 4.78 is 16.0. The normalized spacial score (nSPS) is 11.9. The lowest BCUT2D eigenvalue weighted by atomic mass is 10.1. The number of benzene rings is 1. The highest BCUT2D eigenvalue weighted by Crippen LogP contribution is 2.25. The van der Waals surface area contributed by atoms with E-state index in [1.165, 1.54) is 0 Å². The minimum absolute atomic E-state index is 0.427. The molecule has 0 atom stereocenters. The molecule has 0 saturated heterocycles. The summed E-state index contributed by atoms with van der Waals surface area (Å²) in [6.07, 6.45) is 0. The van der Waals surface area contributed by atoms with Gasteiger partial charge < -0.3 is 13.9 Å². The van der Waals surface area contributed by atoms with E-state index in [2.05, 4.69) is 0 Å². The summed E-state index contributed by atoms with van der Waals surface area (Å²) in [6.45, 7) is 0.427. The van der Waals surface area contributed by atoms with E-state index >= 15 is 0 Å². The lowest BCUT2D eigenvalue weighted by Crippen LogP contribution is -2.35. The summed E-state index contributed by atoms with van der Waals surface area (Å²) in [5, 5.41) is 0. The minimum atomic E-state index is -0.761. The molecule has 1 aromatic rings. The van der Waals surface area contributed by atoms with E-state index in [0.717, 1.165) is 5.56 Å². The van der Waals surface area contributed by atoms with Gasteiger partial charge in [0.1, 0.15) is 10.5 Å². The van der Waals surface area contributed by atoms with Crippen molar-refractivity contribution in [1.29, 1.82) is 0 Å². The van der Waals surface area contributed by atoms with E-state index < -0.39 is 5.79 Å². The van der Waals surface area contributed by atoms with Gasteiger partial charge in [0.05, 0.1) is 6.61 Å². The van der Waals surface area contributed by atoms with Crippen LogP contribution in [0.5, 0.6) is 0 Å². The Balaban J connectivity index is 2.98. The number of hydrogen-bond acceptors (Lipinski definition) is 3. The van der Waals surface area contributed by atoms with Crippen LogP contribution < -0.4 is 0 Å². The Morgan fingerprint density at radius 1 is 1.14 bits per heavy atom. The molecule has 0 radical (unpaired) electrons. The van der Waals surface area contributed by atoms with Crippen molar-refractivity contribution in [2.75, 3.05) is 20.8 Å². The molecule has 0 aromatic heterocycles. The van der Waals surface area contributed by atoms with Crippen molar-refractivity contribution >= 4 is 10.5 Å². The summed E-state index contributed by atoms with van der Waals surface area (Å²) in [5.74, 6) is -0.761. The third kappa shape index (κ3) is 2.22. The van der Waals surface area contributed by atoms with Gasteiger partial charge in [0.2, 0.25) is 5.79 Å². The molecule has 0 aliphatic heterocycles. The molecule has 0 spiro atoms. The molecule has 0 N–H and O–H groups in total. The van der Waals surface area contributed by atoms with Crippen LogP contribution in [-0.2, 0) is 19.7 Å². The predicted octanol–water partition coefficient (Wildman–Crippen LogP) is 0.429. The Morgan fingerprint density at radius 2 is 1.71 bits per heavy atom. The maximum Gasteiger partial charge on any atom is 0.217 e. The highest BCUT2D eigenvalue weighted by atomic mass is 28.2. The first-order valence-electron chi connectivity index (χ1n) is 4.44. The second-order valence-electron chi connectivity index (χ2n) is 2.96. The molecule has 0 bridgehead atoms. The summed E-state index contributed by atoms with van der Waals surface area (Å²) in [5.41, 5.74) is 0.973. The van der Waals surface area contributed by atoms with Gasteiger partial charge in [-0.3, -0.25) is 0 Å². The molecule has 0 amide bonds. The van der Waals surface area contributed by atoms with Crippen molar-refractivity contribution in [2.45, 2.75) is 5.79 Å². The maximum atomic E-state index is 5.39. The van der Waals surface area contributed by atoms with Crippen LogP contribution in [0, 0.1) is 0 Å². The van der Waals surface area contributed by atoms with E-state index in [1.807, 2.05) is 30.3 Å². The summed E-state index contributed by atoms with van der Waals surface area (Å²) in [4.78, 5) is 0. The Kier molecular flexibility index (Phi) is 4.28. The fourth-order valence-electron chi connectivity index (χ4n) is 1.40. The standard InChI is InChI=1S/C10H16O3Si/c1-11-10(12-2,8-13-14)9-6-4-3-5-7-9/h3-7H,8H2,1-2,14H3. The number of ether oxygens (including phenoxy) is 2. The van der Waals surface area contributed by atoms with Gasteiger partial charge in [0.15, 0.2) is 0 Å². The van der Waals surface area contributed by atoms with Crippen molar-refractivity contribution in [3.63, 3.8) is 0 Å². The molecule has 14 heavy (non-hydrogen) atoms. The van der Waals surface area contributed by atoms with E-state index in [-0.39, 0.29) is 0 Å². The molecular formula is C10H16O3Si. The van der Waals surface area contributed by atoms with Gasteiger partial charge in [0, 0.05) is 19.8 Å². The fourth-order valence-corrected chi connectivity index (χ4v) is 1.78. The van der Waals surface area contributed by atoms with Crippen LogP contribution in [0.4, 0.5) is 0 Å². The number of methoxy groups -OCH3 is 2. The van der Waals surface area contributed by atoms with E-state index in [1.54, 1.807) is 14.2 Å². The Bertz CT molecular complexity index is 259. The highest BCUT2D eigenvalue weighted by Gasteiger charge is 2.31. The van der Waals surface area contributed by atoms with Crippen LogP contribution in [0.2, 0.25) is 0 Å². The molecule has 3 nitrogen and oxygen atoms in total. The van der Waals surface area contributed by atoms with E-state index in [4.69, 9.17) is 13.9 Å². The van der Waals surface area contributed by atoms with Crippen molar-refractivity contribution < 1.29 is 13.9 Å². The van der Waals surface area contributed by atoms with Gasteiger partial charge in [0.25, 0.3) is 0 Å². The van der Waals surface area contributed by atoms with E-state index in [0.29, 0.717) is 17.1 Å². The second kappa shape index (κ2) is 5.26. The third-order valence-electron chi connectivity index (χ3n) is 2.21. The first-order chi connectivity index (χ1) is 6.79. The van der Waals surface area contributed by atoms with Gasteiger partial charge in [-0.2, -0.15) is 0 Å². The zero-order valence-corrected chi connectivity index (χ0v) is 10.8. The second-order valence-corrected chi connectivity index (χ2v) is 3.54. The van der Waals surface area contributed by atoms with Crippen LogP contribution >= 0.6 is 0 Å². The largest absolute Gasteiger partial charge is 0.422 e. The Labute approximate surface area is 87.5 Å². The van der Waals surface area contributed by atoms with Crippen molar-refractivity contribution in [1.82, 2.24) is 0 Å². The third-order valence-corrected chi connectivity index (χ3v) is 2.50. The first kappa shape index (κ1) is 11.4. The average Bonchev–Trinajstić information content (AvgIpc) is 2.27. The molecule has 1 rings (SSSR count). The lowest BCUT2D eigenvalue weighted by molar-refractivity contribution is -0.231. The lowest BCUT2D eigenvalue weighted by Gasteiger charge is -2.30. The molecule has 0 aliphatic rings. The Morgan fingerprint density at radius 3 is 2.14 bits per heavy atom. The fraction of sp³-hybridized carbons (Fsp3) is 0.400. The van der Waals surface area contributed by atoms with Crippen LogP contribution in [-0.4, -0.2) is 31.3 Å². The van der Waals surface area contributed by atoms with Gasteiger partial charge in [-0.15, -0.1) is 0 Å². The molecule has 78 valence electrons. The molecule has 0 saturated carbocycles. The minimum Gasteiger partial charge on any atom is -0.422 e. The molecule has 0 unspecified atom stereocenters. The average molecular weight is 212 g/mol. The molecular weight excluding hydrogens is 196 g/mol. The summed E-state index contributed by atoms with van der Waals surface area (Å²) in [7, 11) is 3.91. The zero-order chi connectivity index (χ0) is 10.4. The van der Waals surface area contributed by atoms with E-state index in [9.17, 15) is 0 Å². The summed E-state index contributed by atoms with van der Waals surface area (Å²) in [6, 6.07) is 9.80. The van der Waals surface area contributed by atoms with Crippen LogP contribution in [0.15, 0.2) is 30.3 Å². The van der Waals surface area contributed by atoms with Gasteiger partial charge in [-0.25, -0.2) is 0 Å². The molecule has 1 aromatic carbocycles. The van der Waals surface area contributed by atoms with Crippen LogP contribution in [0.1, 0.15) is 5.56 Å². The maximum absolute atomic E-state index is 5.39.